The molecule has 9 aromatic carbocycles. The molecule has 0 aliphatic carbocycles. The van der Waals surface area contributed by atoms with E-state index in [-0.39, 0.29) is 0 Å². The first-order chi connectivity index (χ1) is 23.8. The summed E-state index contributed by atoms with van der Waals surface area (Å²) in [6.07, 6.45) is 0. The van der Waals surface area contributed by atoms with Crippen LogP contribution in [0.4, 0.5) is 0 Å². The summed E-state index contributed by atoms with van der Waals surface area (Å²) in [6, 6.07) is 60.5. The summed E-state index contributed by atoms with van der Waals surface area (Å²) >= 11 is 1.91. The van der Waals surface area contributed by atoms with Gasteiger partial charge in [-0.1, -0.05) is 133 Å². The predicted octanol–water partition coefficient (Wildman–Crippen LogP) is 13.4. The Morgan fingerprint density at radius 1 is 0.354 bits per heavy atom. The quantitative estimate of drug-likeness (QED) is 0.168. The van der Waals surface area contributed by atoms with E-state index in [2.05, 4.69) is 168 Å². The smallest absolute Gasteiger partial charge is 0.0726 e. The van der Waals surface area contributed by atoms with Gasteiger partial charge in [0.05, 0.1) is 15.7 Å². The van der Waals surface area contributed by atoms with Crippen molar-refractivity contribution >= 4 is 96.4 Å². The van der Waals surface area contributed by atoms with Crippen molar-refractivity contribution in [3.63, 3.8) is 0 Å². The lowest BCUT2D eigenvalue weighted by molar-refractivity contribution is 1.19. The molecular formula is C46H27NS. The fraction of sp³-hybridized carbons (Fsp3) is 0. The van der Waals surface area contributed by atoms with Crippen molar-refractivity contribution < 1.29 is 0 Å². The minimum Gasteiger partial charge on any atom is -0.308 e. The number of hydrogen-bond acceptors (Lipinski definition) is 1. The first-order valence-corrected chi connectivity index (χ1v) is 17.3. The molecule has 0 aliphatic heterocycles. The van der Waals surface area contributed by atoms with Crippen molar-refractivity contribution in [1.29, 1.82) is 0 Å². The second kappa shape index (κ2) is 9.78. The molecule has 0 saturated heterocycles. The van der Waals surface area contributed by atoms with Gasteiger partial charge >= 0.3 is 0 Å². The summed E-state index contributed by atoms with van der Waals surface area (Å²) in [4.78, 5) is 0. The third-order valence-corrected chi connectivity index (χ3v) is 11.5. The van der Waals surface area contributed by atoms with Gasteiger partial charge in [0.2, 0.25) is 0 Å². The van der Waals surface area contributed by atoms with Crippen LogP contribution in [0.2, 0.25) is 0 Å². The van der Waals surface area contributed by atoms with Gasteiger partial charge in [0.25, 0.3) is 0 Å². The fourth-order valence-corrected chi connectivity index (χ4v) is 9.56. The molecule has 0 radical (unpaired) electrons. The van der Waals surface area contributed by atoms with Crippen LogP contribution in [0.15, 0.2) is 164 Å². The van der Waals surface area contributed by atoms with E-state index in [1.807, 2.05) is 11.3 Å². The summed E-state index contributed by atoms with van der Waals surface area (Å²) in [5, 5.41) is 15.7. The maximum absolute atomic E-state index is 2.52. The standard InChI is InChI=1S/C46H27NS/c1-2-16-33-31(14-1)32-15-3-4-17-34(32)40-27-29(24-25-35(33)40)28-12-11-13-30(26-28)47-41-22-9-7-20-38(41)43-36-18-5-6-19-37(36)44-39-21-8-10-23-42(39)48-46(44)45(43)47/h1-27H. The highest BCUT2D eigenvalue weighted by atomic mass is 32.1. The SMILES string of the molecule is c1cc(-c2ccc3c4ccccc4c4ccccc4c3c2)cc(-n2c3ccccc3c3c4ccccc4c4c5ccccc5sc4c32)c1. The van der Waals surface area contributed by atoms with Crippen molar-refractivity contribution in [1.82, 2.24) is 4.57 Å². The Morgan fingerprint density at radius 2 is 0.896 bits per heavy atom. The van der Waals surface area contributed by atoms with Crippen LogP contribution in [0.1, 0.15) is 0 Å². The van der Waals surface area contributed by atoms with Crippen LogP contribution in [-0.2, 0) is 0 Å². The first kappa shape index (κ1) is 26.1. The van der Waals surface area contributed by atoms with Gasteiger partial charge in [0.15, 0.2) is 0 Å². The molecule has 0 amide bonds. The lowest BCUT2D eigenvalue weighted by atomic mass is 9.92. The number of benzene rings is 9. The lowest BCUT2D eigenvalue weighted by Crippen LogP contribution is -1.95. The van der Waals surface area contributed by atoms with Crippen LogP contribution < -0.4 is 0 Å². The maximum Gasteiger partial charge on any atom is 0.0726 e. The van der Waals surface area contributed by atoms with E-state index in [1.54, 1.807) is 0 Å². The molecule has 0 aliphatic rings. The fourth-order valence-electron chi connectivity index (χ4n) is 8.31. The molecule has 11 aromatic rings. The topological polar surface area (TPSA) is 4.93 Å². The van der Waals surface area contributed by atoms with Gasteiger partial charge in [-0.25, -0.2) is 0 Å². The van der Waals surface area contributed by atoms with E-state index < -0.39 is 0 Å². The highest BCUT2D eigenvalue weighted by Crippen LogP contribution is 2.48. The van der Waals surface area contributed by atoms with E-state index in [0.29, 0.717) is 0 Å². The largest absolute Gasteiger partial charge is 0.308 e. The van der Waals surface area contributed by atoms with Crippen LogP contribution in [0.5, 0.6) is 0 Å². The first-order valence-electron chi connectivity index (χ1n) is 16.5. The Morgan fingerprint density at radius 3 is 1.62 bits per heavy atom. The number of para-hydroxylation sites is 1. The van der Waals surface area contributed by atoms with Gasteiger partial charge in [-0.2, -0.15) is 0 Å². The summed E-state index contributed by atoms with van der Waals surface area (Å²) in [7, 11) is 0. The van der Waals surface area contributed by atoms with Crippen LogP contribution >= 0.6 is 11.3 Å². The highest BCUT2D eigenvalue weighted by molar-refractivity contribution is 7.27. The van der Waals surface area contributed by atoms with Crippen LogP contribution in [0.3, 0.4) is 0 Å². The van der Waals surface area contributed by atoms with Gasteiger partial charge in [-0.3, -0.25) is 0 Å². The molecule has 0 bridgehead atoms. The predicted molar refractivity (Wildman–Crippen MR) is 209 cm³/mol. The van der Waals surface area contributed by atoms with E-state index in [9.17, 15) is 0 Å². The van der Waals surface area contributed by atoms with Crippen LogP contribution in [0, 0.1) is 0 Å². The number of hydrogen-bond donors (Lipinski definition) is 0. The maximum atomic E-state index is 2.52. The van der Waals surface area contributed by atoms with Gasteiger partial charge in [0, 0.05) is 31.9 Å². The molecule has 11 rings (SSSR count). The van der Waals surface area contributed by atoms with Crippen molar-refractivity contribution in [3.05, 3.63) is 164 Å². The Hall–Kier alpha value is -5.96. The normalized spacial score (nSPS) is 12.2. The molecule has 0 unspecified atom stereocenters. The number of thiophene rings is 1. The molecule has 2 heterocycles. The van der Waals surface area contributed by atoms with E-state index in [0.717, 1.165) is 0 Å². The highest BCUT2D eigenvalue weighted by Gasteiger charge is 2.21. The van der Waals surface area contributed by atoms with Gasteiger partial charge in [-0.15, -0.1) is 11.3 Å². The molecule has 0 spiro atoms. The van der Waals surface area contributed by atoms with E-state index in [4.69, 9.17) is 0 Å². The summed E-state index contributed by atoms with van der Waals surface area (Å²) < 4.78 is 5.18. The van der Waals surface area contributed by atoms with Crippen molar-refractivity contribution in [2.75, 3.05) is 0 Å². The average molecular weight is 626 g/mol. The Kier molecular flexibility index (Phi) is 5.32. The van der Waals surface area contributed by atoms with E-state index >= 15 is 0 Å². The third kappa shape index (κ3) is 3.50. The lowest BCUT2D eigenvalue weighted by Gasteiger charge is -2.14. The molecule has 0 N–H and O–H groups in total. The number of aromatic nitrogens is 1. The number of fused-ring (bicyclic) bond motifs is 16. The zero-order chi connectivity index (χ0) is 31.3. The molecule has 0 atom stereocenters. The number of nitrogens with zero attached hydrogens (tertiary/aromatic N) is 1. The minimum atomic E-state index is 1.18. The molecule has 0 fully saturated rings. The second-order valence-electron chi connectivity index (χ2n) is 12.8. The molecule has 48 heavy (non-hydrogen) atoms. The van der Waals surface area contributed by atoms with Crippen molar-refractivity contribution in [2.45, 2.75) is 0 Å². The molecule has 0 saturated carbocycles. The molecule has 2 heteroatoms. The summed E-state index contributed by atoms with van der Waals surface area (Å²) in [6.45, 7) is 0. The summed E-state index contributed by atoms with van der Waals surface area (Å²) in [5.41, 5.74) is 6.14. The molecular weight excluding hydrogens is 599 g/mol. The van der Waals surface area contributed by atoms with Crippen molar-refractivity contribution in [3.8, 4) is 16.8 Å². The van der Waals surface area contributed by atoms with E-state index in [1.165, 1.54) is 102 Å². The van der Waals surface area contributed by atoms with Crippen molar-refractivity contribution in [2.24, 2.45) is 0 Å². The Balaban J connectivity index is 1.22. The van der Waals surface area contributed by atoms with Gasteiger partial charge in [-0.05, 0) is 84.5 Å². The zero-order valence-corrected chi connectivity index (χ0v) is 26.8. The van der Waals surface area contributed by atoms with Crippen LogP contribution in [0.25, 0.3) is 102 Å². The van der Waals surface area contributed by atoms with Crippen LogP contribution in [-0.4, -0.2) is 4.57 Å². The van der Waals surface area contributed by atoms with Gasteiger partial charge in [0.1, 0.15) is 0 Å². The zero-order valence-electron chi connectivity index (χ0n) is 25.9. The van der Waals surface area contributed by atoms with Gasteiger partial charge < -0.3 is 4.57 Å². The summed E-state index contributed by atoms with van der Waals surface area (Å²) in [5.74, 6) is 0. The second-order valence-corrected chi connectivity index (χ2v) is 13.9. The monoisotopic (exact) mass is 625 g/mol. The minimum absolute atomic E-state index is 1.18. The molecule has 222 valence electrons. The molecule has 1 nitrogen and oxygen atoms in total. The Labute approximate surface area is 280 Å². The Bertz CT molecular complexity index is 3090. The third-order valence-electron chi connectivity index (χ3n) is 10.3. The average Bonchev–Trinajstić information content (AvgIpc) is 3.72. The number of rotatable bonds is 2. The molecule has 2 aromatic heterocycles.